The van der Waals surface area contributed by atoms with Crippen LogP contribution in [0.25, 0.3) is 21.3 Å². The van der Waals surface area contributed by atoms with Crippen LogP contribution in [0.2, 0.25) is 0 Å². The Kier molecular flexibility index (Phi) is 4.68. The fourth-order valence-electron chi connectivity index (χ4n) is 3.40. The van der Waals surface area contributed by atoms with Gasteiger partial charge < -0.3 is 10.6 Å². The first-order chi connectivity index (χ1) is 12.2. The van der Waals surface area contributed by atoms with Gasteiger partial charge in [0.15, 0.2) is 0 Å². The standard InChI is InChI=1S/C20H24N4S/c1-13(2)14-3-5-15(6-4-14)17-11-25-20-18(17)19(22-12-23-20)24-16-7-9-21-10-8-16/h3-6,11-13,16,21H,7-10H2,1-2H3,(H,22,23,24). The van der Waals surface area contributed by atoms with E-state index in [1.54, 1.807) is 17.7 Å². The minimum Gasteiger partial charge on any atom is -0.367 e. The average Bonchev–Trinajstić information content (AvgIpc) is 3.08. The second-order valence-corrected chi connectivity index (χ2v) is 7.86. The van der Waals surface area contributed by atoms with Crippen molar-refractivity contribution in [3.8, 4) is 11.1 Å². The third kappa shape index (κ3) is 3.39. The van der Waals surface area contributed by atoms with Gasteiger partial charge in [-0.3, -0.25) is 0 Å². The van der Waals surface area contributed by atoms with Crippen LogP contribution < -0.4 is 10.6 Å². The molecule has 130 valence electrons. The van der Waals surface area contributed by atoms with Crippen LogP contribution in [0, 0.1) is 0 Å². The summed E-state index contributed by atoms with van der Waals surface area (Å²) in [6, 6.07) is 9.38. The number of nitrogens with zero attached hydrogens (tertiary/aromatic N) is 2. The molecule has 0 saturated carbocycles. The van der Waals surface area contributed by atoms with Gasteiger partial charge in [0.2, 0.25) is 0 Å². The summed E-state index contributed by atoms with van der Waals surface area (Å²) < 4.78 is 0. The lowest BCUT2D eigenvalue weighted by Gasteiger charge is -2.24. The Hall–Kier alpha value is -1.98. The van der Waals surface area contributed by atoms with Gasteiger partial charge >= 0.3 is 0 Å². The topological polar surface area (TPSA) is 49.8 Å². The second-order valence-electron chi connectivity index (χ2n) is 7.00. The van der Waals surface area contributed by atoms with Crippen LogP contribution in [-0.2, 0) is 0 Å². The lowest BCUT2D eigenvalue weighted by atomic mass is 9.99. The van der Waals surface area contributed by atoms with E-state index >= 15 is 0 Å². The van der Waals surface area contributed by atoms with Gasteiger partial charge in [-0.05, 0) is 43.0 Å². The number of rotatable bonds is 4. The Labute approximate surface area is 152 Å². The molecule has 1 aliphatic rings. The molecule has 3 heterocycles. The van der Waals surface area contributed by atoms with Crippen LogP contribution in [0.4, 0.5) is 5.82 Å². The van der Waals surface area contributed by atoms with E-state index < -0.39 is 0 Å². The molecule has 2 aromatic heterocycles. The Morgan fingerprint density at radius 3 is 2.60 bits per heavy atom. The number of fused-ring (bicyclic) bond motifs is 1. The van der Waals surface area contributed by atoms with Gasteiger partial charge in [-0.15, -0.1) is 11.3 Å². The summed E-state index contributed by atoms with van der Waals surface area (Å²) in [5.74, 6) is 1.52. The number of anilines is 1. The highest BCUT2D eigenvalue weighted by Gasteiger charge is 2.18. The largest absolute Gasteiger partial charge is 0.367 e. The smallest absolute Gasteiger partial charge is 0.139 e. The molecule has 3 aromatic rings. The molecule has 1 aromatic carbocycles. The SMILES string of the molecule is CC(C)c1ccc(-c2csc3ncnc(NC4CCNCC4)c23)cc1. The summed E-state index contributed by atoms with van der Waals surface area (Å²) >= 11 is 1.69. The normalized spacial score (nSPS) is 15.8. The quantitative estimate of drug-likeness (QED) is 0.718. The zero-order valence-corrected chi connectivity index (χ0v) is 15.6. The first-order valence-electron chi connectivity index (χ1n) is 9.02. The Bertz CT molecular complexity index is 848. The van der Waals surface area contributed by atoms with E-state index in [9.17, 15) is 0 Å². The number of nitrogens with one attached hydrogen (secondary N) is 2. The number of benzene rings is 1. The molecule has 0 unspecified atom stereocenters. The van der Waals surface area contributed by atoms with Gasteiger partial charge in [-0.25, -0.2) is 9.97 Å². The average molecular weight is 353 g/mol. The first-order valence-corrected chi connectivity index (χ1v) is 9.90. The molecule has 1 saturated heterocycles. The van der Waals surface area contributed by atoms with E-state index in [2.05, 4.69) is 64.1 Å². The zero-order chi connectivity index (χ0) is 17.2. The molecule has 0 radical (unpaired) electrons. The molecule has 5 heteroatoms. The van der Waals surface area contributed by atoms with E-state index in [-0.39, 0.29) is 0 Å². The van der Waals surface area contributed by atoms with Crippen LogP contribution in [0.5, 0.6) is 0 Å². The first kappa shape index (κ1) is 16.5. The van der Waals surface area contributed by atoms with Crippen molar-refractivity contribution < 1.29 is 0 Å². The molecule has 0 atom stereocenters. The van der Waals surface area contributed by atoms with Gasteiger partial charge in [-0.1, -0.05) is 38.1 Å². The molecule has 4 rings (SSSR count). The summed E-state index contributed by atoms with van der Waals surface area (Å²) in [6.07, 6.45) is 3.94. The van der Waals surface area contributed by atoms with Gasteiger partial charge in [-0.2, -0.15) is 0 Å². The highest BCUT2D eigenvalue weighted by Crippen LogP contribution is 2.37. The van der Waals surface area contributed by atoms with E-state index in [1.807, 2.05) is 0 Å². The molecule has 1 aliphatic heterocycles. The number of aromatic nitrogens is 2. The summed E-state index contributed by atoms with van der Waals surface area (Å²) in [6.45, 7) is 6.59. The zero-order valence-electron chi connectivity index (χ0n) is 14.7. The summed E-state index contributed by atoms with van der Waals surface area (Å²) in [4.78, 5) is 10.1. The molecule has 4 nitrogen and oxygen atoms in total. The van der Waals surface area contributed by atoms with E-state index in [4.69, 9.17) is 0 Å². The van der Waals surface area contributed by atoms with Crippen LogP contribution in [0.15, 0.2) is 36.0 Å². The summed E-state index contributed by atoms with van der Waals surface area (Å²) in [5, 5.41) is 10.4. The number of hydrogen-bond donors (Lipinski definition) is 2. The van der Waals surface area contributed by atoms with E-state index in [1.165, 1.54) is 16.7 Å². The van der Waals surface area contributed by atoms with Crippen molar-refractivity contribution in [2.45, 2.75) is 38.6 Å². The second kappa shape index (κ2) is 7.10. The predicted molar refractivity (Wildman–Crippen MR) is 106 cm³/mol. The van der Waals surface area contributed by atoms with Crippen molar-refractivity contribution in [3.05, 3.63) is 41.5 Å². The molecular weight excluding hydrogens is 328 g/mol. The highest BCUT2D eigenvalue weighted by molar-refractivity contribution is 7.17. The van der Waals surface area contributed by atoms with Crippen LogP contribution in [0.1, 0.15) is 38.2 Å². The summed E-state index contributed by atoms with van der Waals surface area (Å²) in [7, 11) is 0. The predicted octanol–water partition coefficient (Wildman–Crippen LogP) is 4.65. The van der Waals surface area contributed by atoms with Crippen molar-refractivity contribution in [3.63, 3.8) is 0 Å². The molecular formula is C20H24N4S. The van der Waals surface area contributed by atoms with Crippen LogP contribution >= 0.6 is 11.3 Å². The number of thiophene rings is 1. The van der Waals surface area contributed by atoms with E-state index in [0.717, 1.165) is 42.0 Å². The number of hydrogen-bond acceptors (Lipinski definition) is 5. The Balaban J connectivity index is 1.71. The van der Waals surface area contributed by atoms with Gasteiger partial charge in [0, 0.05) is 17.0 Å². The summed E-state index contributed by atoms with van der Waals surface area (Å²) in [5.41, 5.74) is 3.83. The van der Waals surface area contributed by atoms with Gasteiger partial charge in [0.25, 0.3) is 0 Å². The van der Waals surface area contributed by atoms with Crippen molar-refractivity contribution in [1.29, 1.82) is 0 Å². The highest BCUT2D eigenvalue weighted by atomic mass is 32.1. The van der Waals surface area contributed by atoms with Crippen molar-refractivity contribution >= 4 is 27.4 Å². The monoisotopic (exact) mass is 352 g/mol. The third-order valence-electron chi connectivity index (χ3n) is 4.94. The molecule has 0 amide bonds. The lowest BCUT2D eigenvalue weighted by molar-refractivity contribution is 0.478. The maximum atomic E-state index is 4.57. The minimum absolute atomic E-state index is 0.482. The molecule has 1 fully saturated rings. The maximum absolute atomic E-state index is 4.57. The number of piperidine rings is 1. The van der Waals surface area contributed by atoms with E-state index in [0.29, 0.717) is 12.0 Å². The molecule has 2 N–H and O–H groups in total. The Morgan fingerprint density at radius 1 is 1.12 bits per heavy atom. The van der Waals surface area contributed by atoms with Crippen molar-refractivity contribution in [2.75, 3.05) is 18.4 Å². The van der Waals surface area contributed by atoms with Crippen LogP contribution in [-0.4, -0.2) is 29.1 Å². The fraction of sp³-hybridized carbons (Fsp3) is 0.400. The van der Waals surface area contributed by atoms with Crippen LogP contribution in [0.3, 0.4) is 0 Å². The van der Waals surface area contributed by atoms with Crippen molar-refractivity contribution in [1.82, 2.24) is 15.3 Å². The Morgan fingerprint density at radius 2 is 1.88 bits per heavy atom. The lowest BCUT2D eigenvalue weighted by Crippen LogP contribution is -2.35. The van der Waals surface area contributed by atoms with Gasteiger partial charge in [0.1, 0.15) is 17.0 Å². The van der Waals surface area contributed by atoms with Crippen molar-refractivity contribution in [2.24, 2.45) is 0 Å². The van der Waals surface area contributed by atoms with Gasteiger partial charge in [0.05, 0.1) is 5.39 Å². The molecule has 0 bridgehead atoms. The molecule has 0 aliphatic carbocycles. The fourth-order valence-corrected chi connectivity index (χ4v) is 4.32. The molecule has 0 spiro atoms. The third-order valence-corrected chi connectivity index (χ3v) is 5.82. The minimum atomic E-state index is 0.482. The molecule has 25 heavy (non-hydrogen) atoms. The maximum Gasteiger partial charge on any atom is 0.139 e.